The number of aromatic nitrogens is 2. The average Bonchev–Trinajstić information content (AvgIpc) is 2.82. The Morgan fingerprint density at radius 2 is 2.05 bits per heavy atom. The van der Waals surface area contributed by atoms with Gasteiger partial charge in [-0.15, -0.1) is 0 Å². The molecular formula is C15H21N3O. The zero-order chi connectivity index (χ0) is 13.7. The Morgan fingerprint density at radius 1 is 1.32 bits per heavy atom. The molecule has 0 saturated carbocycles. The highest BCUT2D eigenvalue weighted by Crippen LogP contribution is 2.29. The topological polar surface area (TPSA) is 39.1 Å². The predicted octanol–water partition coefficient (Wildman–Crippen LogP) is 2.52. The van der Waals surface area contributed by atoms with E-state index in [1.165, 1.54) is 5.56 Å². The van der Waals surface area contributed by atoms with Gasteiger partial charge in [0, 0.05) is 7.05 Å². The second-order valence-corrected chi connectivity index (χ2v) is 4.52. The van der Waals surface area contributed by atoms with Crippen LogP contribution < -0.4 is 10.1 Å². The Balaban J connectivity index is 2.40. The second kappa shape index (κ2) is 6.38. The minimum atomic E-state index is 0.101. The monoisotopic (exact) mass is 259 g/mol. The molecule has 0 aliphatic carbocycles. The lowest BCUT2D eigenvalue weighted by molar-refractivity contribution is 0.400. The summed E-state index contributed by atoms with van der Waals surface area (Å²) in [5.41, 5.74) is 2.28. The number of ether oxygens (including phenoxy) is 1. The molecule has 1 heterocycles. The van der Waals surface area contributed by atoms with Crippen molar-refractivity contribution in [3.8, 4) is 5.75 Å². The smallest absolute Gasteiger partial charge is 0.161 e. The lowest BCUT2D eigenvalue weighted by atomic mass is 10.0. The van der Waals surface area contributed by atoms with Gasteiger partial charge in [0.15, 0.2) is 5.75 Å². The van der Waals surface area contributed by atoms with Crippen LogP contribution in [0.1, 0.15) is 30.6 Å². The van der Waals surface area contributed by atoms with Crippen molar-refractivity contribution in [2.45, 2.75) is 19.4 Å². The number of hydrogen-bond acceptors (Lipinski definition) is 3. The van der Waals surface area contributed by atoms with E-state index in [0.29, 0.717) is 0 Å². The normalized spacial score (nSPS) is 12.4. The number of rotatable bonds is 6. The Kier molecular flexibility index (Phi) is 4.58. The molecule has 19 heavy (non-hydrogen) atoms. The number of nitrogens with one attached hydrogen (secondary N) is 1. The first-order valence-electron chi connectivity index (χ1n) is 6.62. The van der Waals surface area contributed by atoms with Crippen molar-refractivity contribution in [3.05, 3.63) is 47.8 Å². The molecular weight excluding hydrogens is 238 g/mol. The van der Waals surface area contributed by atoms with Gasteiger partial charge in [0.05, 0.1) is 19.3 Å². The van der Waals surface area contributed by atoms with Crippen molar-refractivity contribution < 1.29 is 4.74 Å². The Bertz CT molecular complexity index is 507. The van der Waals surface area contributed by atoms with Gasteiger partial charge in [-0.2, -0.15) is 5.10 Å². The highest BCUT2D eigenvalue weighted by atomic mass is 16.5. The van der Waals surface area contributed by atoms with Gasteiger partial charge >= 0.3 is 0 Å². The van der Waals surface area contributed by atoms with Gasteiger partial charge in [-0.25, -0.2) is 0 Å². The molecule has 0 spiro atoms. The zero-order valence-electron chi connectivity index (χ0n) is 11.8. The van der Waals surface area contributed by atoms with Crippen LogP contribution in [-0.2, 0) is 7.05 Å². The highest BCUT2D eigenvalue weighted by Gasteiger charge is 2.21. The second-order valence-electron chi connectivity index (χ2n) is 4.52. The zero-order valence-corrected chi connectivity index (χ0v) is 11.8. The first-order chi connectivity index (χ1) is 9.27. The predicted molar refractivity (Wildman–Crippen MR) is 76.3 cm³/mol. The molecule has 1 atom stereocenters. The summed E-state index contributed by atoms with van der Waals surface area (Å²) in [4.78, 5) is 0. The Hall–Kier alpha value is -1.81. The van der Waals surface area contributed by atoms with E-state index >= 15 is 0 Å². The first-order valence-corrected chi connectivity index (χ1v) is 6.62. The van der Waals surface area contributed by atoms with Crippen LogP contribution >= 0.6 is 0 Å². The summed E-state index contributed by atoms with van der Waals surface area (Å²) in [6.45, 7) is 3.11. The number of hydrogen-bond donors (Lipinski definition) is 1. The molecule has 0 saturated heterocycles. The van der Waals surface area contributed by atoms with Crippen molar-refractivity contribution in [1.29, 1.82) is 0 Å². The number of nitrogens with zero attached hydrogens (tertiary/aromatic N) is 2. The standard InChI is InChI=1S/C15H21N3O/c1-4-10-16-14(12-8-6-5-7-9-12)15-13(19-3)11-17-18(15)2/h5-9,11,14,16H,4,10H2,1-3H3. The van der Waals surface area contributed by atoms with Crippen LogP contribution in [0.5, 0.6) is 5.75 Å². The van der Waals surface area contributed by atoms with Gasteiger partial charge in [-0.05, 0) is 18.5 Å². The van der Waals surface area contributed by atoms with Crippen molar-refractivity contribution in [3.63, 3.8) is 0 Å². The van der Waals surface area contributed by atoms with Gasteiger partial charge in [0.2, 0.25) is 0 Å². The summed E-state index contributed by atoms with van der Waals surface area (Å²) >= 11 is 0. The summed E-state index contributed by atoms with van der Waals surface area (Å²) in [5.74, 6) is 0.819. The van der Waals surface area contributed by atoms with E-state index in [9.17, 15) is 0 Å². The molecule has 102 valence electrons. The van der Waals surface area contributed by atoms with E-state index < -0.39 is 0 Å². The van der Waals surface area contributed by atoms with E-state index in [1.807, 2.05) is 17.8 Å². The van der Waals surface area contributed by atoms with Gasteiger partial charge in [-0.1, -0.05) is 37.3 Å². The lowest BCUT2D eigenvalue weighted by Crippen LogP contribution is -2.25. The van der Waals surface area contributed by atoms with Crippen molar-refractivity contribution in [2.24, 2.45) is 7.05 Å². The fourth-order valence-corrected chi connectivity index (χ4v) is 2.22. The molecule has 1 N–H and O–H groups in total. The third-order valence-corrected chi connectivity index (χ3v) is 3.17. The molecule has 0 bridgehead atoms. The van der Waals surface area contributed by atoms with E-state index in [-0.39, 0.29) is 6.04 Å². The van der Waals surface area contributed by atoms with Crippen LogP contribution in [0.15, 0.2) is 36.5 Å². The summed E-state index contributed by atoms with van der Waals surface area (Å²) in [7, 11) is 3.63. The summed E-state index contributed by atoms with van der Waals surface area (Å²) < 4.78 is 7.30. The highest BCUT2D eigenvalue weighted by molar-refractivity contribution is 5.36. The van der Waals surface area contributed by atoms with Crippen molar-refractivity contribution in [2.75, 3.05) is 13.7 Å². The molecule has 2 rings (SSSR count). The molecule has 4 heteroatoms. The summed E-state index contributed by atoms with van der Waals surface area (Å²) in [6, 6.07) is 10.5. The maximum absolute atomic E-state index is 5.43. The third-order valence-electron chi connectivity index (χ3n) is 3.17. The molecule has 0 aliphatic rings. The van der Waals surface area contributed by atoms with Gasteiger partial charge in [0.1, 0.15) is 5.69 Å². The molecule has 0 aliphatic heterocycles. The van der Waals surface area contributed by atoms with E-state index in [4.69, 9.17) is 4.74 Å². The molecule has 2 aromatic rings. The Morgan fingerprint density at radius 3 is 2.68 bits per heavy atom. The number of aryl methyl sites for hydroxylation is 1. The number of benzene rings is 1. The van der Waals surface area contributed by atoms with Crippen LogP contribution in [-0.4, -0.2) is 23.4 Å². The Labute approximate surface area is 114 Å². The number of methoxy groups -OCH3 is 1. The molecule has 1 aromatic carbocycles. The minimum Gasteiger partial charge on any atom is -0.493 e. The molecule has 1 unspecified atom stereocenters. The third kappa shape index (κ3) is 2.96. The fourth-order valence-electron chi connectivity index (χ4n) is 2.22. The van der Waals surface area contributed by atoms with Crippen LogP contribution in [0.4, 0.5) is 0 Å². The summed E-state index contributed by atoms with van der Waals surface area (Å²) in [5, 5.41) is 7.86. The minimum absolute atomic E-state index is 0.101. The average molecular weight is 259 g/mol. The van der Waals surface area contributed by atoms with Gasteiger partial charge < -0.3 is 10.1 Å². The van der Waals surface area contributed by atoms with Crippen LogP contribution in [0.25, 0.3) is 0 Å². The van der Waals surface area contributed by atoms with Crippen LogP contribution in [0, 0.1) is 0 Å². The van der Waals surface area contributed by atoms with Gasteiger partial charge in [-0.3, -0.25) is 4.68 Å². The van der Waals surface area contributed by atoms with Crippen LogP contribution in [0.3, 0.4) is 0 Å². The van der Waals surface area contributed by atoms with E-state index in [2.05, 4.69) is 41.6 Å². The largest absolute Gasteiger partial charge is 0.493 e. The van der Waals surface area contributed by atoms with Crippen molar-refractivity contribution >= 4 is 0 Å². The molecule has 0 amide bonds. The molecule has 0 fully saturated rings. The van der Waals surface area contributed by atoms with E-state index in [0.717, 1.165) is 24.4 Å². The summed E-state index contributed by atoms with van der Waals surface area (Å²) in [6.07, 6.45) is 2.85. The quantitative estimate of drug-likeness (QED) is 0.866. The lowest BCUT2D eigenvalue weighted by Gasteiger charge is -2.20. The van der Waals surface area contributed by atoms with Crippen molar-refractivity contribution in [1.82, 2.24) is 15.1 Å². The molecule has 4 nitrogen and oxygen atoms in total. The maximum Gasteiger partial charge on any atom is 0.161 e. The maximum atomic E-state index is 5.43. The van der Waals surface area contributed by atoms with Crippen LogP contribution in [0.2, 0.25) is 0 Å². The van der Waals surface area contributed by atoms with Gasteiger partial charge in [0.25, 0.3) is 0 Å². The SMILES string of the molecule is CCCNC(c1ccccc1)c1c(OC)cnn1C. The fraction of sp³-hybridized carbons (Fsp3) is 0.400. The molecule has 0 radical (unpaired) electrons. The van der Waals surface area contributed by atoms with E-state index in [1.54, 1.807) is 13.3 Å². The first kappa shape index (κ1) is 13.6. The molecule has 1 aromatic heterocycles.